The highest BCUT2D eigenvalue weighted by molar-refractivity contribution is 5.84. The van der Waals surface area contributed by atoms with Gasteiger partial charge >= 0.3 is 0 Å². The van der Waals surface area contributed by atoms with Gasteiger partial charge in [-0.1, -0.05) is 19.3 Å². The Labute approximate surface area is 175 Å². The fourth-order valence-corrected chi connectivity index (χ4v) is 4.19. The second-order valence-corrected chi connectivity index (χ2v) is 8.06. The Balaban J connectivity index is 1.38. The first-order valence-electron chi connectivity index (χ1n) is 10.8. The Hall–Kier alpha value is -2.94. The van der Waals surface area contributed by atoms with Gasteiger partial charge < -0.3 is 25.3 Å². The number of pyridine rings is 1. The number of nitrogens with zero attached hydrogens (tertiary/aromatic N) is 5. The van der Waals surface area contributed by atoms with Crippen molar-refractivity contribution < 1.29 is 4.74 Å². The van der Waals surface area contributed by atoms with Gasteiger partial charge in [0.1, 0.15) is 11.3 Å². The van der Waals surface area contributed by atoms with E-state index in [1.165, 1.54) is 32.1 Å². The monoisotopic (exact) mass is 408 g/mol. The van der Waals surface area contributed by atoms with Crippen molar-refractivity contribution in [3.63, 3.8) is 0 Å². The number of hydrogen-bond donors (Lipinski definition) is 3. The number of nitrogens with one attached hydrogen (secondary N) is 3. The van der Waals surface area contributed by atoms with Crippen molar-refractivity contribution in [3.8, 4) is 0 Å². The number of aromatic nitrogens is 5. The molecule has 1 saturated carbocycles. The maximum Gasteiger partial charge on any atom is 0.231 e. The molecule has 0 radical (unpaired) electrons. The van der Waals surface area contributed by atoms with Crippen molar-refractivity contribution >= 4 is 34.4 Å². The number of aryl methyl sites for hydroxylation is 1. The van der Waals surface area contributed by atoms with Crippen molar-refractivity contribution in [1.82, 2.24) is 24.9 Å². The summed E-state index contributed by atoms with van der Waals surface area (Å²) in [5, 5.41) is 6.94. The minimum atomic E-state index is 0.442. The van der Waals surface area contributed by atoms with Crippen molar-refractivity contribution in [2.24, 2.45) is 0 Å². The third-order valence-electron chi connectivity index (χ3n) is 5.90. The zero-order chi connectivity index (χ0) is 20.3. The molecule has 3 aromatic heterocycles. The molecular formula is C21H28N8O. The number of fused-ring (bicyclic) bond motifs is 1. The summed E-state index contributed by atoms with van der Waals surface area (Å²) in [5.41, 5.74) is 3.50. The van der Waals surface area contributed by atoms with Crippen LogP contribution in [0.1, 0.15) is 37.7 Å². The number of aromatic amines is 1. The fraction of sp³-hybridized carbons (Fsp3) is 0.524. The van der Waals surface area contributed by atoms with Gasteiger partial charge in [-0.2, -0.15) is 9.97 Å². The molecular weight excluding hydrogens is 380 g/mol. The van der Waals surface area contributed by atoms with E-state index in [1.807, 2.05) is 6.20 Å². The lowest BCUT2D eigenvalue weighted by Crippen LogP contribution is -2.36. The molecule has 2 fully saturated rings. The molecule has 5 rings (SSSR count). The van der Waals surface area contributed by atoms with E-state index in [2.05, 4.69) is 48.5 Å². The molecule has 0 aromatic carbocycles. The topological polar surface area (TPSA) is 104 Å². The zero-order valence-electron chi connectivity index (χ0n) is 17.3. The number of H-pyrrole nitrogens is 1. The molecule has 0 bridgehead atoms. The third-order valence-corrected chi connectivity index (χ3v) is 5.90. The van der Waals surface area contributed by atoms with Gasteiger partial charge in [-0.15, -0.1) is 0 Å². The number of ether oxygens (including phenoxy) is 1. The zero-order valence-corrected chi connectivity index (χ0v) is 17.3. The summed E-state index contributed by atoms with van der Waals surface area (Å²) in [6.07, 6.45) is 9.71. The van der Waals surface area contributed by atoms with E-state index in [0.29, 0.717) is 12.0 Å². The van der Waals surface area contributed by atoms with Crippen LogP contribution in [0, 0.1) is 6.92 Å². The van der Waals surface area contributed by atoms with E-state index in [0.717, 1.165) is 60.4 Å². The SMILES string of the molecule is Cc1cc(N2CCOCC2)ncc1Nc1nc(NC2CCCCC2)c2nc[nH]c2n1. The van der Waals surface area contributed by atoms with Gasteiger partial charge in [0.05, 0.1) is 31.4 Å². The average molecular weight is 409 g/mol. The Morgan fingerprint density at radius 3 is 2.73 bits per heavy atom. The fourth-order valence-electron chi connectivity index (χ4n) is 4.19. The van der Waals surface area contributed by atoms with Crippen LogP contribution in [0.5, 0.6) is 0 Å². The largest absolute Gasteiger partial charge is 0.378 e. The van der Waals surface area contributed by atoms with Gasteiger partial charge in [-0.25, -0.2) is 9.97 Å². The van der Waals surface area contributed by atoms with Crippen molar-refractivity contribution in [3.05, 3.63) is 24.2 Å². The van der Waals surface area contributed by atoms with E-state index < -0.39 is 0 Å². The third kappa shape index (κ3) is 4.02. The Morgan fingerprint density at radius 2 is 1.93 bits per heavy atom. The lowest BCUT2D eigenvalue weighted by Gasteiger charge is -2.28. The number of anilines is 4. The second-order valence-electron chi connectivity index (χ2n) is 8.06. The van der Waals surface area contributed by atoms with Gasteiger partial charge in [0, 0.05) is 19.1 Å². The van der Waals surface area contributed by atoms with Gasteiger partial charge in [-0.3, -0.25) is 0 Å². The van der Waals surface area contributed by atoms with Crippen LogP contribution >= 0.6 is 0 Å². The molecule has 1 saturated heterocycles. The summed E-state index contributed by atoms with van der Waals surface area (Å²) >= 11 is 0. The Morgan fingerprint density at radius 1 is 1.10 bits per heavy atom. The van der Waals surface area contributed by atoms with Crippen LogP contribution in [0.3, 0.4) is 0 Å². The molecule has 4 heterocycles. The number of hydrogen-bond acceptors (Lipinski definition) is 8. The standard InChI is InChI=1S/C21H28N8O/c1-14-11-17(29-7-9-30-10-8-29)22-12-16(14)26-21-27-19-18(23-13-24-19)20(28-21)25-15-5-3-2-4-6-15/h11-13,15H,2-10H2,1H3,(H3,23,24,25,26,27,28). The molecule has 9 heteroatoms. The predicted octanol–water partition coefficient (Wildman–Crippen LogP) is 3.38. The first-order chi connectivity index (χ1) is 14.8. The highest BCUT2D eigenvalue weighted by Crippen LogP contribution is 2.27. The van der Waals surface area contributed by atoms with Crippen LogP contribution < -0.4 is 15.5 Å². The highest BCUT2D eigenvalue weighted by atomic mass is 16.5. The summed E-state index contributed by atoms with van der Waals surface area (Å²) in [7, 11) is 0. The molecule has 0 spiro atoms. The molecule has 2 aliphatic rings. The lowest BCUT2D eigenvalue weighted by molar-refractivity contribution is 0.122. The molecule has 3 aromatic rings. The summed E-state index contributed by atoms with van der Waals surface area (Å²) in [5.74, 6) is 2.30. The maximum absolute atomic E-state index is 5.44. The molecule has 1 aliphatic heterocycles. The summed E-state index contributed by atoms with van der Waals surface area (Å²) in [6, 6.07) is 2.54. The van der Waals surface area contributed by atoms with Crippen LogP contribution in [0.2, 0.25) is 0 Å². The van der Waals surface area contributed by atoms with Crippen molar-refractivity contribution in [2.75, 3.05) is 41.8 Å². The van der Waals surface area contributed by atoms with Crippen LogP contribution in [0.15, 0.2) is 18.6 Å². The van der Waals surface area contributed by atoms with Gasteiger partial charge in [0.25, 0.3) is 0 Å². The molecule has 3 N–H and O–H groups in total. The first-order valence-corrected chi connectivity index (χ1v) is 10.8. The summed E-state index contributed by atoms with van der Waals surface area (Å²) < 4.78 is 5.44. The van der Waals surface area contributed by atoms with E-state index in [9.17, 15) is 0 Å². The van der Waals surface area contributed by atoms with E-state index in [-0.39, 0.29) is 0 Å². The van der Waals surface area contributed by atoms with Crippen LogP contribution in [-0.4, -0.2) is 57.3 Å². The van der Waals surface area contributed by atoms with Gasteiger partial charge in [-0.05, 0) is 31.4 Å². The molecule has 1 aliphatic carbocycles. The van der Waals surface area contributed by atoms with E-state index in [1.54, 1.807) is 6.33 Å². The summed E-state index contributed by atoms with van der Waals surface area (Å²) in [4.78, 5) is 23.8. The smallest absolute Gasteiger partial charge is 0.231 e. The van der Waals surface area contributed by atoms with Crippen LogP contribution in [0.4, 0.5) is 23.3 Å². The van der Waals surface area contributed by atoms with E-state index >= 15 is 0 Å². The predicted molar refractivity (Wildman–Crippen MR) is 117 cm³/mol. The quantitative estimate of drug-likeness (QED) is 0.590. The molecule has 158 valence electrons. The van der Waals surface area contributed by atoms with E-state index in [4.69, 9.17) is 9.72 Å². The molecule has 0 atom stereocenters. The van der Waals surface area contributed by atoms with Gasteiger partial charge in [0.2, 0.25) is 5.95 Å². The molecule has 9 nitrogen and oxygen atoms in total. The Kier molecular flexibility index (Phi) is 5.35. The average Bonchev–Trinajstić information content (AvgIpc) is 3.26. The normalized spacial score (nSPS) is 18.0. The van der Waals surface area contributed by atoms with Gasteiger partial charge in [0.15, 0.2) is 11.5 Å². The van der Waals surface area contributed by atoms with Crippen molar-refractivity contribution in [2.45, 2.75) is 45.1 Å². The first kappa shape index (κ1) is 19.0. The Bertz CT molecular complexity index is 1010. The molecule has 0 amide bonds. The minimum absolute atomic E-state index is 0.442. The highest BCUT2D eigenvalue weighted by Gasteiger charge is 2.18. The summed E-state index contributed by atoms with van der Waals surface area (Å²) in [6.45, 7) is 5.30. The number of imidazole rings is 1. The maximum atomic E-state index is 5.44. The van der Waals surface area contributed by atoms with Crippen LogP contribution in [0.25, 0.3) is 11.2 Å². The second kappa shape index (κ2) is 8.43. The number of morpholine rings is 1. The number of rotatable bonds is 5. The lowest BCUT2D eigenvalue weighted by atomic mass is 9.95. The molecule has 30 heavy (non-hydrogen) atoms. The van der Waals surface area contributed by atoms with Crippen LogP contribution in [-0.2, 0) is 4.74 Å². The molecule has 0 unspecified atom stereocenters. The minimum Gasteiger partial charge on any atom is -0.378 e. The van der Waals surface area contributed by atoms with Crippen molar-refractivity contribution in [1.29, 1.82) is 0 Å².